The molecule has 2 aromatic carbocycles. The van der Waals surface area contributed by atoms with E-state index in [0.29, 0.717) is 21.7 Å². The van der Waals surface area contributed by atoms with Gasteiger partial charge in [0.25, 0.3) is 5.91 Å². The minimum absolute atomic E-state index is 0.0161. The van der Waals surface area contributed by atoms with Crippen molar-refractivity contribution in [3.05, 3.63) is 46.4 Å². The van der Waals surface area contributed by atoms with Gasteiger partial charge in [0, 0.05) is 29.9 Å². The van der Waals surface area contributed by atoms with Crippen molar-refractivity contribution in [3.8, 4) is 11.5 Å². The van der Waals surface area contributed by atoms with Gasteiger partial charge in [0.2, 0.25) is 16.8 Å². The molecule has 27 heavy (non-hydrogen) atoms. The summed E-state index contributed by atoms with van der Waals surface area (Å²) in [6.45, 7) is 0.509. The van der Waals surface area contributed by atoms with Crippen LogP contribution in [0.15, 0.2) is 45.8 Å². The number of sulfonamides is 1. The summed E-state index contributed by atoms with van der Waals surface area (Å²) >= 11 is 3.28. The van der Waals surface area contributed by atoms with E-state index in [1.165, 1.54) is 25.3 Å². The highest BCUT2D eigenvalue weighted by Crippen LogP contribution is 2.34. The molecule has 8 nitrogen and oxygen atoms in total. The van der Waals surface area contributed by atoms with E-state index in [1.54, 1.807) is 18.2 Å². The zero-order valence-electron chi connectivity index (χ0n) is 14.3. The highest BCUT2D eigenvalue weighted by molar-refractivity contribution is 9.10. The summed E-state index contributed by atoms with van der Waals surface area (Å²) in [7, 11) is -2.27. The Balaban J connectivity index is 1.80. The highest BCUT2D eigenvalue weighted by Gasteiger charge is 2.19. The Hall–Kier alpha value is -2.14. The molecule has 0 bridgehead atoms. The Bertz CT molecular complexity index is 964. The van der Waals surface area contributed by atoms with Crippen LogP contribution in [0.4, 0.5) is 5.69 Å². The molecule has 1 aliphatic heterocycles. The maximum atomic E-state index is 12.6. The molecule has 0 radical (unpaired) electrons. The van der Waals surface area contributed by atoms with Crippen LogP contribution in [-0.2, 0) is 14.8 Å². The van der Waals surface area contributed by atoms with Gasteiger partial charge in [-0.05, 0) is 46.3 Å². The number of amides is 1. The number of ether oxygens (including phenoxy) is 3. The van der Waals surface area contributed by atoms with Crippen LogP contribution in [0.3, 0.4) is 0 Å². The van der Waals surface area contributed by atoms with Crippen LogP contribution in [0.25, 0.3) is 0 Å². The van der Waals surface area contributed by atoms with E-state index in [9.17, 15) is 13.2 Å². The molecule has 0 atom stereocenters. The number of carbonyl (C=O) groups is 1. The number of rotatable bonds is 7. The Morgan fingerprint density at radius 1 is 1.19 bits per heavy atom. The molecule has 10 heteroatoms. The lowest BCUT2D eigenvalue weighted by Crippen LogP contribution is -2.27. The van der Waals surface area contributed by atoms with Crippen LogP contribution in [-0.4, -0.2) is 41.4 Å². The van der Waals surface area contributed by atoms with Gasteiger partial charge in [-0.3, -0.25) is 4.79 Å². The molecule has 0 spiro atoms. The van der Waals surface area contributed by atoms with Gasteiger partial charge >= 0.3 is 0 Å². The summed E-state index contributed by atoms with van der Waals surface area (Å²) < 4.78 is 42.9. The second-order valence-electron chi connectivity index (χ2n) is 5.55. The van der Waals surface area contributed by atoms with Crippen molar-refractivity contribution >= 4 is 37.5 Å². The molecule has 0 saturated carbocycles. The fourth-order valence-electron chi connectivity index (χ4n) is 2.38. The molecule has 1 aliphatic rings. The summed E-state index contributed by atoms with van der Waals surface area (Å²) in [5.74, 6) is 0.671. The molecule has 2 N–H and O–H groups in total. The number of carbonyl (C=O) groups excluding carboxylic acids is 1. The summed E-state index contributed by atoms with van der Waals surface area (Å²) in [5.41, 5.74) is 0.685. The van der Waals surface area contributed by atoms with Crippen LogP contribution in [0.1, 0.15) is 10.4 Å². The third-order valence-electron chi connectivity index (χ3n) is 3.72. The van der Waals surface area contributed by atoms with Crippen LogP contribution in [0.2, 0.25) is 0 Å². The van der Waals surface area contributed by atoms with Crippen molar-refractivity contribution in [1.82, 2.24) is 4.72 Å². The number of hydrogen-bond donors (Lipinski definition) is 2. The van der Waals surface area contributed by atoms with Crippen LogP contribution in [0.5, 0.6) is 11.5 Å². The predicted octanol–water partition coefficient (Wildman–Crippen LogP) is 2.35. The average molecular weight is 457 g/mol. The van der Waals surface area contributed by atoms with Crippen LogP contribution < -0.4 is 19.5 Å². The fraction of sp³-hybridized carbons (Fsp3) is 0.235. The molecule has 0 aliphatic carbocycles. The largest absolute Gasteiger partial charge is 0.454 e. The van der Waals surface area contributed by atoms with E-state index in [1.807, 2.05) is 0 Å². The molecule has 2 aromatic rings. The number of anilines is 1. The molecule has 0 aromatic heterocycles. The number of methoxy groups -OCH3 is 1. The summed E-state index contributed by atoms with van der Waals surface area (Å²) in [6, 6.07) is 9.23. The van der Waals surface area contributed by atoms with Gasteiger partial charge in [-0.2, -0.15) is 0 Å². The van der Waals surface area contributed by atoms with Gasteiger partial charge in [0.1, 0.15) is 0 Å². The lowest BCUT2D eigenvalue weighted by Gasteiger charge is -2.11. The van der Waals surface area contributed by atoms with E-state index < -0.39 is 15.9 Å². The Kier molecular flexibility index (Phi) is 6.00. The number of halogens is 1. The fourth-order valence-corrected chi connectivity index (χ4v) is 3.85. The first-order chi connectivity index (χ1) is 12.9. The first-order valence-corrected chi connectivity index (χ1v) is 10.2. The number of nitrogens with one attached hydrogen (secondary N) is 2. The first kappa shape index (κ1) is 19.6. The minimum Gasteiger partial charge on any atom is -0.454 e. The SMILES string of the molecule is COCCNS(=O)(=O)c1ccc(Br)c(C(=O)Nc2ccc3c(c2)OCO3)c1. The highest BCUT2D eigenvalue weighted by atomic mass is 79.9. The van der Waals surface area contributed by atoms with E-state index in [4.69, 9.17) is 14.2 Å². The van der Waals surface area contributed by atoms with Crippen molar-refractivity contribution in [1.29, 1.82) is 0 Å². The van der Waals surface area contributed by atoms with E-state index in [-0.39, 0.29) is 30.4 Å². The Labute approximate surface area is 165 Å². The van der Waals surface area contributed by atoms with Gasteiger partial charge in [0.15, 0.2) is 11.5 Å². The third-order valence-corrected chi connectivity index (χ3v) is 5.87. The average Bonchev–Trinajstić information content (AvgIpc) is 3.09. The van der Waals surface area contributed by atoms with Crippen molar-refractivity contribution in [2.75, 3.05) is 32.4 Å². The van der Waals surface area contributed by atoms with Gasteiger partial charge in [0.05, 0.1) is 17.1 Å². The van der Waals surface area contributed by atoms with Crippen molar-refractivity contribution in [2.24, 2.45) is 0 Å². The van der Waals surface area contributed by atoms with Gasteiger partial charge in [-0.1, -0.05) is 0 Å². The zero-order valence-corrected chi connectivity index (χ0v) is 16.7. The predicted molar refractivity (Wildman–Crippen MR) is 102 cm³/mol. The quantitative estimate of drug-likeness (QED) is 0.619. The second-order valence-corrected chi connectivity index (χ2v) is 8.18. The topological polar surface area (TPSA) is 103 Å². The minimum atomic E-state index is -3.75. The third kappa shape index (κ3) is 4.59. The number of hydrogen-bond acceptors (Lipinski definition) is 6. The summed E-state index contributed by atoms with van der Waals surface area (Å²) in [4.78, 5) is 12.6. The van der Waals surface area contributed by atoms with Crippen molar-refractivity contribution < 1.29 is 27.4 Å². The first-order valence-electron chi connectivity index (χ1n) is 7.90. The van der Waals surface area contributed by atoms with E-state index in [2.05, 4.69) is 26.0 Å². The molecule has 0 fully saturated rings. The normalized spacial score (nSPS) is 12.8. The molecule has 144 valence electrons. The number of fused-ring (bicyclic) bond motifs is 1. The second kappa shape index (κ2) is 8.26. The van der Waals surface area contributed by atoms with Gasteiger partial charge < -0.3 is 19.5 Å². The van der Waals surface area contributed by atoms with Gasteiger partial charge in [-0.15, -0.1) is 0 Å². The van der Waals surface area contributed by atoms with Gasteiger partial charge in [-0.25, -0.2) is 13.1 Å². The summed E-state index contributed by atoms with van der Waals surface area (Å²) in [6.07, 6.45) is 0. The van der Waals surface area contributed by atoms with Crippen molar-refractivity contribution in [3.63, 3.8) is 0 Å². The lowest BCUT2D eigenvalue weighted by atomic mass is 10.2. The molecule has 1 heterocycles. The molecule has 1 amide bonds. The Morgan fingerprint density at radius 3 is 2.74 bits per heavy atom. The molecular weight excluding hydrogens is 440 g/mol. The smallest absolute Gasteiger partial charge is 0.256 e. The maximum Gasteiger partial charge on any atom is 0.256 e. The molecule has 3 rings (SSSR count). The standard InChI is InChI=1S/C17H17BrN2O6S/c1-24-7-6-19-27(22,23)12-3-4-14(18)13(9-12)17(21)20-11-2-5-15-16(8-11)26-10-25-15/h2-5,8-9,19H,6-7,10H2,1H3,(H,20,21). The Morgan fingerprint density at radius 2 is 1.96 bits per heavy atom. The lowest BCUT2D eigenvalue weighted by molar-refractivity contribution is 0.102. The summed E-state index contributed by atoms with van der Waals surface area (Å²) in [5, 5.41) is 2.72. The van der Waals surface area contributed by atoms with Crippen LogP contribution in [0, 0.1) is 0 Å². The van der Waals surface area contributed by atoms with E-state index >= 15 is 0 Å². The van der Waals surface area contributed by atoms with Crippen molar-refractivity contribution in [2.45, 2.75) is 4.90 Å². The van der Waals surface area contributed by atoms with E-state index in [0.717, 1.165) is 0 Å². The zero-order chi connectivity index (χ0) is 19.4. The monoisotopic (exact) mass is 456 g/mol. The molecule has 0 saturated heterocycles. The molecular formula is C17H17BrN2O6S. The van der Waals surface area contributed by atoms with Crippen LogP contribution >= 0.6 is 15.9 Å². The number of benzene rings is 2. The molecule has 0 unspecified atom stereocenters. The maximum absolute atomic E-state index is 12.6.